The van der Waals surface area contributed by atoms with Crippen LogP contribution in [0.2, 0.25) is 0 Å². The fourth-order valence-corrected chi connectivity index (χ4v) is 3.04. The summed E-state index contributed by atoms with van der Waals surface area (Å²) in [6, 6.07) is 5.46. The molecular formula is C15H22Cl2FIN2. The van der Waals surface area contributed by atoms with E-state index in [4.69, 9.17) is 0 Å². The van der Waals surface area contributed by atoms with E-state index >= 15 is 0 Å². The summed E-state index contributed by atoms with van der Waals surface area (Å²) in [5, 5.41) is 3.34. The van der Waals surface area contributed by atoms with Gasteiger partial charge in [-0.3, -0.25) is 4.90 Å². The number of halogens is 4. The summed E-state index contributed by atoms with van der Waals surface area (Å²) in [6.07, 6.45) is 0.816. The van der Waals surface area contributed by atoms with Crippen LogP contribution in [0.5, 0.6) is 0 Å². The first-order chi connectivity index (χ1) is 9.08. The smallest absolute Gasteiger partial charge is 0.128 e. The fraction of sp³-hybridized carbons (Fsp3) is 0.467. The maximum absolute atomic E-state index is 14.1. The van der Waals surface area contributed by atoms with E-state index in [0.29, 0.717) is 0 Å². The standard InChI is InChI=1S/C15H20FIN2.2ClH/c1-11(2)9-15(19-7-5-18-6-8-19)13-10-12(17)3-4-14(13)16;;/h3-4,10,15,18H,1,5-9H2,2H3;2*1H/t15-;;/m1../s1. The van der Waals surface area contributed by atoms with Crippen LogP contribution >= 0.6 is 47.4 Å². The third-order valence-corrected chi connectivity index (χ3v) is 4.12. The first kappa shape index (κ1) is 21.1. The second kappa shape index (κ2) is 10.0. The van der Waals surface area contributed by atoms with Crippen molar-refractivity contribution >= 4 is 47.4 Å². The lowest BCUT2D eigenvalue weighted by molar-refractivity contribution is 0.169. The molecule has 6 heteroatoms. The van der Waals surface area contributed by atoms with E-state index < -0.39 is 0 Å². The van der Waals surface area contributed by atoms with Crippen molar-refractivity contribution in [1.82, 2.24) is 10.2 Å². The summed E-state index contributed by atoms with van der Waals surface area (Å²) in [7, 11) is 0. The van der Waals surface area contributed by atoms with Gasteiger partial charge < -0.3 is 5.32 Å². The Morgan fingerprint density at radius 1 is 1.38 bits per heavy atom. The van der Waals surface area contributed by atoms with Crippen molar-refractivity contribution in [1.29, 1.82) is 0 Å². The SMILES string of the molecule is C=C(C)C[C@H](c1cc(I)ccc1F)N1CCNCC1.Cl.Cl. The van der Waals surface area contributed by atoms with E-state index in [1.807, 2.05) is 19.1 Å². The summed E-state index contributed by atoms with van der Waals surface area (Å²) in [4.78, 5) is 2.36. The zero-order valence-electron chi connectivity index (χ0n) is 12.1. The minimum atomic E-state index is -0.106. The molecule has 0 spiro atoms. The maximum Gasteiger partial charge on any atom is 0.128 e. The Labute approximate surface area is 152 Å². The first-order valence-electron chi connectivity index (χ1n) is 6.62. The zero-order chi connectivity index (χ0) is 13.8. The second-order valence-corrected chi connectivity index (χ2v) is 6.37. The normalized spacial score (nSPS) is 16.5. The monoisotopic (exact) mass is 446 g/mol. The molecule has 1 fully saturated rings. The van der Waals surface area contributed by atoms with Gasteiger partial charge in [-0.1, -0.05) is 5.57 Å². The number of nitrogens with one attached hydrogen (secondary N) is 1. The van der Waals surface area contributed by atoms with Gasteiger partial charge in [-0.25, -0.2) is 4.39 Å². The quantitative estimate of drug-likeness (QED) is 0.551. The van der Waals surface area contributed by atoms with Gasteiger partial charge in [0.2, 0.25) is 0 Å². The van der Waals surface area contributed by atoms with Gasteiger partial charge in [0, 0.05) is 41.4 Å². The van der Waals surface area contributed by atoms with Crippen LogP contribution in [0.4, 0.5) is 4.39 Å². The minimum absolute atomic E-state index is 0. The lowest BCUT2D eigenvalue weighted by Gasteiger charge is -2.35. The highest BCUT2D eigenvalue weighted by Gasteiger charge is 2.24. The third kappa shape index (κ3) is 6.02. The van der Waals surface area contributed by atoms with Crippen LogP contribution in [-0.4, -0.2) is 31.1 Å². The number of rotatable bonds is 4. The molecule has 2 nitrogen and oxygen atoms in total. The molecular weight excluding hydrogens is 425 g/mol. The van der Waals surface area contributed by atoms with Crippen molar-refractivity contribution < 1.29 is 4.39 Å². The van der Waals surface area contributed by atoms with Gasteiger partial charge in [-0.15, -0.1) is 31.4 Å². The Balaban J connectivity index is 0.00000200. The minimum Gasteiger partial charge on any atom is -0.314 e. The molecule has 1 aliphatic heterocycles. The largest absolute Gasteiger partial charge is 0.314 e. The highest BCUT2D eigenvalue weighted by Crippen LogP contribution is 2.30. The molecule has 1 heterocycles. The molecule has 1 aromatic carbocycles. The Bertz CT molecular complexity index is 465. The average molecular weight is 447 g/mol. The predicted molar refractivity (Wildman–Crippen MR) is 100 cm³/mol. The van der Waals surface area contributed by atoms with Crippen molar-refractivity contribution in [3.05, 3.63) is 45.3 Å². The van der Waals surface area contributed by atoms with Crippen LogP contribution in [-0.2, 0) is 0 Å². The summed E-state index contributed by atoms with van der Waals surface area (Å²) in [6.45, 7) is 9.88. The van der Waals surface area contributed by atoms with E-state index in [1.54, 1.807) is 6.07 Å². The molecule has 0 radical (unpaired) electrons. The number of piperazine rings is 1. The van der Waals surface area contributed by atoms with Gasteiger partial charge in [-0.05, 0) is 54.1 Å². The Hall–Kier alpha value is 0.120. The summed E-state index contributed by atoms with van der Waals surface area (Å²) in [5.74, 6) is -0.106. The maximum atomic E-state index is 14.1. The van der Waals surface area contributed by atoms with Gasteiger partial charge in [0.1, 0.15) is 5.82 Å². The molecule has 1 atom stereocenters. The average Bonchev–Trinajstić information content (AvgIpc) is 2.40. The van der Waals surface area contributed by atoms with Crippen molar-refractivity contribution in [3.8, 4) is 0 Å². The topological polar surface area (TPSA) is 15.3 Å². The Kier molecular flexibility index (Phi) is 10.1. The van der Waals surface area contributed by atoms with Gasteiger partial charge in [0.15, 0.2) is 0 Å². The van der Waals surface area contributed by atoms with Crippen LogP contribution in [0.1, 0.15) is 24.9 Å². The lowest BCUT2D eigenvalue weighted by atomic mass is 9.97. The van der Waals surface area contributed by atoms with E-state index in [2.05, 4.69) is 39.4 Å². The van der Waals surface area contributed by atoms with Crippen LogP contribution in [0.3, 0.4) is 0 Å². The molecule has 21 heavy (non-hydrogen) atoms. The molecule has 0 bridgehead atoms. The molecule has 0 aliphatic carbocycles. The van der Waals surface area contributed by atoms with E-state index in [1.165, 1.54) is 0 Å². The van der Waals surface area contributed by atoms with Crippen molar-refractivity contribution in [2.45, 2.75) is 19.4 Å². The van der Waals surface area contributed by atoms with Crippen LogP contribution < -0.4 is 5.32 Å². The fourth-order valence-electron chi connectivity index (χ4n) is 2.53. The summed E-state index contributed by atoms with van der Waals surface area (Å²) >= 11 is 2.24. The predicted octanol–water partition coefficient (Wildman–Crippen LogP) is 4.19. The zero-order valence-corrected chi connectivity index (χ0v) is 15.9. The van der Waals surface area contributed by atoms with Crippen LogP contribution in [0.15, 0.2) is 30.4 Å². The van der Waals surface area contributed by atoms with E-state index in [9.17, 15) is 4.39 Å². The molecule has 2 rings (SSSR count). The molecule has 1 aliphatic rings. The molecule has 1 saturated heterocycles. The second-order valence-electron chi connectivity index (χ2n) is 5.13. The molecule has 120 valence electrons. The van der Waals surface area contributed by atoms with Gasteiger partial charge in [-0.2, -0.15) is 0 Å². The highest BCUT2D eigenvalue weighted by molar-refractivity contribution is 14.1. The van der Waals surface area contributed by atoms with Crippen LogP contribution in [0, 0.1) is 9.39 Å². The number of hydrogen-bond acceptors (Lipinski definition) is 2. The molecule has 0 unspecified atom stereocenters. The summed E-state index contributed by atoms with van der Waals surface area (Å²) in [5.41, 5.74) is 1.90. The molecule has 0 aromatic heterocycles. The van der Waals surface area contributed by atoms with Gasteiger partial charge >= 0.3 is 0 Å². The van der Waals surface area contributed by atoms with Crippen molar-refractivity contribution in [2.24, 2.45) is 0 Å². The number of hydrogen-bond donors (Lipinski definition) is 1. The van der Waals surface area contributed by atoms with Gasteiger partial charge in [0.05, 0.1) is 0 Å². The van der Waals surface area contributed by atoms with Crippen molar-refractivity contribution in [2.75, 3.05) is 26.2 Å². The Morgan fingerprint density at radius 2 is 2.00 bits per heavy atom. The van der Waals surface area contributed by atoms with Crippen molar-refractivity contribution in [3.63, 3.8) is 0 Å². The number of nitrogens with zero attached hydrogens (tertiary/aromatic N) is 1. The molecule has 0 amide bonds. The third-order valence-electron chi connectivity index (χ3n) is 3.45. The Morgan fingerprint density at radius 3 is 2.57 bits per heavy atom. The van der Waals surface area contributed by atoms with Crippen LogP contribution in [0.25, 0.3) is 0 Å². The lowest BCUT2D eigenvalue weighted by Crippen LogP contribution is -2.45. The summed E-state index contributed by atoms with van der Waals surface area (Å²) < 4.78 is 15.2. The van der Waals surface area contributed by atoms with E-state index in [-0.39, 0.29) is 36.7 Å². The number of benzene rings is 1. The molecule has 0 saturated carbocycles. The first-order valence-corrected chi connectivity index (χ1v) is 7.70. The molecule has 1 N–H and O–H groups in total. The molecule has 1 aromatic rings. The van der Waals surface area contributed by atoms with E-state index in [0.717, 1.165) is 47.3 Å². The highest BCUT2D eigenvalue weighted by atomic mass is 127. The van der Waals surface area contributed by atoms with Gasteiger partial charge in [0.25, 0.3) is 0 Å².